The minimum absolute atomic E-state index is 0.113. The lowest BCUT2D eigenvalue weighted by atomic mass is 10.1. The van der Waals surface area contributed by atoms with Crippen LogP contribution in [0.25, 0.3) is 0 Å². The molecule has 0 saturated heterocycles. The van der Waals surface area contributed by atoms with E-state index >= 15 is 0 Å². The van der Waals surface area contributed by atoms with Crippen LogP contribution in [0.4, 0.5) is 0 Å². The Morgan fingerprint density at radius 1 is 1.47 bits per heavy atom. The number of halogens is 1. The summed E-state index contributed by atoms with van der Waals surface area (Å²) in [5.41, 5.74) is 0.725. The Hall–Kier alpha value is -0.710. The van der Waals surface area contributed by atoms with E-state index in [-0.39, 0.29) is 12.4 Å². The lowest BCUT2D eigenvalue weighted by Gasteiger charge is -2.19. The molecule has 1 N–H and O–H groups in total. The lowest BCUT2D eigenvalue weighted by molar-refractivity contribution is 0.0907. The molecule has 0 unspecified atom stereocenters. The van der Waals surface area contributed by atoms with Gasteiger partial charge in [-0.05, 0) is 25.0 Å². The Balaban J connectivity index is 1.99. The first-order valence-electron chi connectivity index (χ1n) is 5.84. The molecule has 0 amide bonds. The summed E-state index contributed by atoms with van der Waals surface area (Å²) in [5, 5.41) is 8.98. The molecule has 0 atom stereocenters. The summed E-state index contributed by atoms with van der Waals surface area (Å²) in [7, 11) is 0. The molecule has 0 aliphatic heterocycles. The summed E-state index contributed by atoms with van der Waals surface area (Å²) >= 11 is 3.36. The fourth-order valence-corrected chi connectivity index (χ4v) is 2.30. The number of ketones is 1. The van der Waals surface area contributed by atoms with E-state index in [1.54, 1.807) is 0 Å². The van der Waals surface area contributed by atoms with Crippen LogP contribution in [0.2, 0.25) is 0 Å². The molecule has 0 bridgehead atoms. The molecule has 1 saturated carbocycles. The van der Waals surface area contributed by atoms with Gasteiger partial charge in [-0.15, -0.1) is 0 Å². The summed E-state index contributed by atoms with van der Waals surface area (Å²) in [4.78, 5) is 14.1. The molecule has 1 aliphatic carbocycles. The van der Waals surface area contributed by atoms with Crippen molar-refractivity contribution >= 4 is 21.7 Å². The quantitative estimate of drug-likeness (QED) is 0.818. The first-order valence-corrected chi connectivity index (χ1v) is 6.63. The van der Waals surface area contributed by atoms with E-state index < -0.39 is 0 Å². The maximum atomic E-state index is 12.1. The summed E-state index contributed by atoms with van der Waals surface area (Å²) in [5.74, 6) is 0.117. The van der Waals surface area contributed by atoms with Gasteiger partial charge >= 0.3 is 0 Å². The third-order valence-electron chi connectivity index (χ3n) is 2.94. The van der Waals surface area contributed by atoms with Crippen LogP contribution in [0.15, 0.2) is 28.7 Å². The van der Waals surface area contributed by atoms with Gasteiger partial charge in [-0.1, -0.05) is 28.1 Å². The fourth-order valence-electron chi connectivity index (χ4n) is 1.90. The largest absolute Gasteiger partial charge is 0.395 e. The van der Waals surface area contributed by atoms with Gasteiger partial charge in [0.2, 0.25) is 0 Å². The molecule has 4 heteroatoms. The van der Waals surface area contributed by atoms with Crippen molar-refractivity contribution in [3.63, 3.8) is 0 Å². The fraction of sp³-hybridized carbons (Fsp3) is 0.462. The van der Waals surface area contributed by atoms with E-state index in [1.807, 2.05) is 24.3 Å². The number of aliphatic hydroxyl groups is 1. The van der Waals surface area contributed by atoms with Crippen LogP contribution in [0.1, 0.15) is 23.2 Å². The number of hydrogen-bond donors (Lipinski definition) is 1. The van der Waals surface area contributed by atoms with Gasteiger partial charge in [-0.3, -0.25) is 9.69 Å². The zero-order valence-electron chi connectivity index (χ0n) is 9.60. The maximum absolute atomic E-state index is 12.1. The molecule has 0 radical (unpaired) electrons. The smallest absolute Gasteiger partial charge is 0.176 e. The van der Waals surface area contributed by atoms with Gasteiger partial charge < -0.3 is 5.11 Å². The van der Waals surface area contributed by atoms with Crippen LogP contribution < -0.4 is 0 Å². The molecular formula is C13H16BrNO2. The van der Waals surface area contributed by atoms with Crippen LogP contribution in [0, 0.1) is 0 Å². The summed E-state index contributed by atoms with van der Waals surface area (Å²) in [6.07, 6.45) is 2.29. The Bertz CT molecular complexity index is 404. The van der Waals surface area contributed by atoms with Gasteiger partial charge in [0.25, 0.3) is 0 Å². The average molecular weight is 298 g/mol. The van der Waals surface area contributed by atoms with Crippen LogP contribution in [0.3, 0.4) is 0 Å². The van der Waals surface area contributed by atoms with Crippen LogP contribution in [-0.2, 0) is 0 Å². The summed E-state index contributed by atoms with van der Waals surface area (Å²) in [6.45, 7) is 1.11. The average Bonchev–Trinajstić information content (AvgIpc) is 3.12. The van der Waals surface area contributed by atoms with Gasteiger partial charge in [0.15, 0.2) is 5.78 Å². The summed E-state index contributed by atoms with van der Waals surface area (Å²) in [6, 6.07) is 7.94. The Morgan fingerprint density at radius 2 is 2.24 bits per heavy atom. The van der Waals surface area contributed by atoms with E-state index in [9.17, 15) is 4.79 Å². The van der Waals surface area contributed by atoms with Crippen molar-refractivity contribution in [3.8, 4) is 0 Å². The number of hydrogen-bond acceptors (Lipinski definition) is 3. The second-order valence-corrected chi connectivity index (χ2v) is 5.27. The van der Waals surface area contributed by atoms with Crippen molar-refractivity contribution in [1.82, 2.24) is 4.90 Å². The highest BCUT2D eigenvalue weighted by atomic mass is 79.9. The van der Waals surface area contributed by atoms with E-state index in [0.29, 0.717) is 19.1 Å². The molecular weight excluding hydrogens is 282 g/mol. The van der Waals surface area contributed by atoms with E-state index in [0.717, 1.165) is 22.9 Å². The summed E-state index contributed by atoms with van der Waals surface area (Å²) < 4.78 is 0.920. The highest BCUT2D eigenvalue weighted by Crippen LogP contribution is 2.26. The molecule has 0 spiro atoms. The van der Waals surface area contributed by atoms with Crippen LogP contribution in [0.5, 0.6) is 0 Å². The van der Waals surface area contributed by atoms with Crippen molar-refractivity contribution in [2.75, 3.05) is 19.7 Å². The van der Waals surface area contributed by atoms with Gasteiger partial charge in [-0.2, -0.15) is 0 Å². The number of aliphatic hydroxyl groups excluding tert-OH is 1. The highest BCUT2D eigenvalue weighted by Gasteiger charge is 2.29. The van der Waals surface area contributed by atoms with Gasteiger partial charge in [0.1, 0.15) is 0 Å². The second-order valence-electron chi connectivity index (χ2n) is 4.36. The maximum Gasteiger partial charge on any atom is 0.176 e. The monoisotopic (exact) mass is 297 g/mol. The van der Waals surface area contributed by atoms with Crippen molar-refractivity contribution in [2.45, 2.75) is 18.9 Å². The molecule has 1 aromatic rings. The predicted octanol–water partition coefficient (Wildman–Crippen LogP) is 2.09. The van der Waals surface area contributed by atoms with Gasteiger partial charge in [0, 0.05) is 22.6 Å². The van der Waals surface area contributed by atoms with Crippen LogP contribution >= 0.6 is 15.9 Å². The molecule has 2 rings (SSSR count). The van der Waals surface area contributed by atoms with E-state index in [2.05, 4.69) is 20.8 Å². The minimum Gasteiger partial charge on any atom is -0.395 e. The molecule has 0 heterocycles. The zero-order valence-corrected chi connectivity index (χ0v) is 11.2. The van der Waals surface area contributed by atoms with Crippen molar-refractivity contribution in [1.29, 1.82) is 0 Å². The standard InChI is InChI=1S/C13H16BrNO2/c14-11-3-1-2-10(8-11)13(17)9-15(6-7-16)12-4-5-12/h1-3,8,12,16H,4-7,9H2. The Labute approximate surface area is 110 Å². The minimum atomic E-state index is 0.113. The lowest BCUT2D eigenvalue weighted by Crippen LogP contribution is -2.34. The SMILES string of the molecule is O=C(CN(CCO)C1CC1)c1cccc(Br)c1. The topological polar surface area (TPSA) is 40.5 Å². The van der Waals surface area contributed by atoms with E-state index in [4.69, 9.17) is 5.11 Å². The number of Topliss-reactive ketones (excluding diaryl/α,β-unsaturated/α-hetero) is 1. The number of carbonyl (C=O) groups excluding carboxylic acids is 1. The third-order valence-corrected chi connectivity index (χ3v) is 3.44. The highest BCUT2D eigenvalue weighted by molar-refractivity contribution is 9.10. The number of rotatable bonds is 6. The normalized spacial score (nSPS) is 15.2. The first kappa shape index (κ1) is 12.7. The molecule has 1 aromatic carbocycles. The Kier molecular flexibility index (Phi) is 4.31. The number of carbonyl (C=O) groups is 1. The van der Waals surface area contributed by atoms with Crippen LogP contribution in [-0.4, -0.2) is 41.5 Å². The van der Waals surface area contributed by atoms with Crippen molar-refractivity contribution in [3.05, 3.63) is 34.3 Å². The molecule has 0 aromatic heterocycles. The molecule has 1 aliphatic rings. The molecule has 92 valence electrons. The van der Waals surface area contributed by atoms with Crippen molar-refractivity contribution in [2.24, 2.45) is 0 Å². The third kappa shape index (κ3) is 3.63. The second kappa shape index (κ2) is 5.76. The molecule has 1 fully saturated rings. The number of nitrogens with zero attached hydrogens (tertiary/aromatic N) is 1. The van der Waals surface area contributed by atoms with Gasteiger partial charge in [-0.25, -0.2) is 0 Å². The Morgan fingerprint density at radius 3 is 2.82 bits per heavy atom. The molecule has 3 nitrogen and oxygen atoms in total. The zero-order chi connectivity index (χ0) is 12.3. The predicted molar refractivity (Wildman–Crippen MR) is 70.2 cm³/mol. The number of benzene rings is 1. The molecule has 17 heavy (non-hydrogen) atoms. The van der Waals surface area contributed by atoms with Crippen molar-refractivity contribution < 1.29 is 9.90 Å². The van der Waals surface area contributed by atoms with Gasteiger partial charge in [0.05, 0.1) is 13.2 Å². The van der Waals surface area contributed by atoms with E-state index in [1.165, 1.54) is 0 Å². The first-order chi connectivity index (χ1) is 8.20.